The number of hydrogen-bond donors (Lipinski definition) is 0. The predicted molar refractivity (Wildman–Crippen MR) is 102 cm³/mol. The van der Waals surface area contributed by atoms with Crippen LogP contribution in [0.2, 0.25) is 0 Å². The zero-order valence-corrected chi connectivity index (χ0v) is 15.2. The Morgan fingerprint density at radius 1 is 0.682 bits per heavy atom. The molecule has 22 heavy (non-hydrogen) atoms. The SMILES string of the molecule is Cc1cc(Br)c(P(c2ccccc2)c2ccccc2)cc1C. The number of hydrogen-bond acceptors (Lipinski definition) is 0. The van der Waals surface area contributed by atoms with Crippen molar-refractivity contribution in [3.05, 3.63) is 88.4 Å². The van der Waals surface area contributed by atoms with Gasteiger partial charge >= 0.3 is 0 Å². The van der Waals surface area contributed by atoms with E-state index in [1.165, 1.54) is 31.5 Å². The fourth-order valence-corrected chi connectivity index (χ4v) is 5.90. The summed E-state index contributed by atoms with van der Waals surface area (Å²) >= 11 is 3.79. The Bertz CT molecular complexity index is 727. The first kappa shape index (κ1) is 15.5. The fraction of sp³-hybridized carbons (Fsp3) is 0.100. The maximum atomic E-state index is 3.79. The van der Waals surface area contributed by atoms with Gasteiger partial charge in [0.2, 0.25) is 0 Å². The standard InChI is InChI=1S/C20H18BrP/c1-15-13-19(21)20(14-16(15)2)22(17-9-5-3-6-10-17)18-11-7-4-8-12-18/h3-14H,1-2H3. The molecule has 0 aliphatic rings. The normalized spacial score (nSPS) is 10.9. The summed E-state index contributed by atoms with van der Waals surface area (Å²) in [6, 6.07) is 26.2. The molecule has 3 aromatic carbocycles. The monoisotopic (exact) mass is 368 g/mol. The Balaban J connectivity index is 2.21. The van der Waals surface area contributed by atoms with Crippen LogP contribution in [0.5, 0.6) is 0 Å². The van der Waals surface area contributed by atoms with E-state index in [4.69, 9.17) is 0 Å². The minimum Gasteiger partial charge on any atom is -0.0622 e. The predicted octanol–water partition coefficient (Wildman–Crippen LogP) is 4.82. The third-order valence-electron chi connectivity index (χ3n) is 3.83. The molecule has 0 amide bonds. The molecule has 0 unspecified atom stereocenters. The van der Waals surface area contributed by atoms with Crippen molar-refractivity contribution in [2.24, 2.45) is 0 Å². The number of halogens is 1. The molecule has 3 rings (SSSR count). The topological polar surface area (TPSA) is 0 Å². The van der Waals surface area contributed by atoms with Gasteiger partial charge in [-0.05, 0) is 60.9 Å². The average Bonchev–Trinajstić information content (AvgIpc) is 2.55. The number of aryl methyl sites for hydroxylation is 2. The third-order valence-corrected chi connectivity index (χ3v) is 7.28. The van der Waals surface area contributed by atoms with Crippen molar-refractivity contribution in [3.8, 4) is 0 Å². The molecule has 0 saturated carbocycles. The first-order valence-corrected chi connectivity index (χ1v) is 9.47. The van der Waals surface area contributed by atoms with E-state index in [1.807, 2.05) is 0 Å². The maximum absolute atomic E-state index is 3.79. The molecule has 0 radical (unpaired) electrons. The van der Waals surface area contributed by atoms with E-state index in [-0.39, 0.29) is 0 Å². The molecule has 2 heteroatoms. The van der Waals surface area contributed by atoms with Gasteiger partial charge in [-0.1, -0.05) is 76.6 Å². The van der Waals surface area contributed by atoms with Crippen LogP contribution in [0.25, 0.3) is 0 Å². The van der Waals surface area contributed by atoms with Gasteiger partial charge in [-0.25, -0.2) is 0 Å². The summed E-state index contributed by atoms with van der Waals surface area (Å²) < 4.78 is 1.20. The summed E-state index contributed by atoms with van der Waals surface area (Å²) in [5, 5.41) is 4.15. The van der Waals surface area contributed by atoms with Gasteiger partial charge < -0.3 is 0 Å². The molecule has 0 aliphatic heterocycles. The van der Waals surface area contributed by atoms with Crippen molar-refractivity contribution in [2.45, 2.75) is 13.8 Å². The van der Waals surface area contributed by atoms with Crippen molar-refractivity contribution in [1.82, 2.24) is 0 Å². The van der Waals surface area contributed by atoms with Crippen LogP contribution in [0, 0.1) is 13.8 Å². The van der Waals surface area contributed by atoms with Gasteiger partial charge in [0.15, 0.2) is 0 Å². The quantitative estimate of drug-likeness (QED) is 0.581. The van der Waals surface area contributed by atoms with Crippen LogP contribution in [0.15, 0.2) is 77.3 Å². The summed E-state index contributed by atoms with van der Waals surface area (Å²) in [5.41, 5.74) is 2.67. The largest absolute Gasteiger partial charge is 0.0622 e. The van der Waals surface area contributed by atoms with Gasteiger partial charge in [0.1, 0.15) is 0 Å². The van der Waals surface area contributed by atoms with Crippen LogP contribution in [0.3, 0.4) is 0 Å². The number of benzene rings is 3. The van der Waals surface area contributed by atoms with E-state index in [1.54, 1.807) is 0 Å². The zero-order valence-electron chi connectivity index (χ0n) is 12.8. The van der Waals surface area contributed by atoms with Gasteiger partial charge in [0.25, 0.3) is 0 Å². The molecule has 110 valence electrons. The molecular formula is C20H18BrP. The van der Waals surface area contributed by atoms with Gasteiger partial charge in [-0.2, -0.15) is 0 Å². The average molecular weight is 369 g/mol. The van der Waals surface area contributed by atoms with Crippen LogP contribution >= 0.6 is 23.9 Å². The highest BCUT2D eigenvalue weighted by atomic mass is 79.9. The van der Waals surface area contributed by atoms with E-state index in [0.29, 0.717) is 0 Å². The molecule has 0 spiro atoms. The minimum atomic E-state index is -0.542. The van der Waals surface area contributed by atoms with E-state index < -0.39 is 7.92 Å². The molecular weight excluding hydrogens is 351 g/mol. The Morgan fingerprint density at radius 2 is 1.14 bits per heavy atom. The molecule has 0 N–H and O–H groups in total. The summed E-state index contributed by atoms with van der Waals surface area (Å²) in [6.07, 6.45) is 0. The summed E-state index contributed by atoms with van der Waals surface area (Å²) in [5.74, 6) is 0. The van der Waals surface area contributed by atoms with E-state index >= 15 is 0 Å². The number of rotatable bonds is 3. The smallest absolute Gasteiger partial charge is 0.0261 e. The van der Waals surface area contributed by atoms with Gasteiger partial charge in [0, 0.05) is 4.47 Å². The maximum Gasteiger partial charge on any atom is 0.0261 e. The summed E-state index contributed by atoms with van der Waals surface area (Å²) in [6.45, 7) is 4.35. The highest BCUT2D eigenvalue weighted by Crippen LogP contribution is 2.36. The molecule has 0 aliphatic carbocycles. The highest BCUT2D eigenvalue weighted by Gasteiger charge is 2.19. The van der Waals surface area contributed by atoms with Crippen molar-refractivity contribution in [1.29, 1.82) is 0 Å². The Hall–Kier alpha value is -1.43. The molecule has 0 fully saturated rings. The summed E-state index contributed by atoms with van der Waals surface area (Å²) in [4.78, 5) is 0. The fourth-order valence-electron chi connectivity index (χ4n) is 2.52. The summed E-state index contributed by atoms with van der Waals surface area (Å²) in [7, 11) is -0.542. The second-order valence-electron chi connectivity index (χ2n) is 5.39. The molecule has 0 atom stereocenters. The molecule has 0 aromatic heterocycles. The van der Waals surface area contributed by atoms with Gasteiger partial charge in [-0.15, -0.1) is 0 Å². The van der Waals surface area contributed by atoms with E-state index in [2.05, 4.69) is 103 Å². The highest BCUT2D eigenvalue weighted by molar-refractivity contribution is 9.10. The van der Waals surface area contributed by atoms with Crippen molar-refractivity contribution < 1.29 is 0 Å². The molecule has 0 saturated heterocycles. The Kier molecular flexibility index (Phi) is 4.76. The Morgan fingerprint density at radius 3 is 1.64 bits per heavy atom. The van der Waals surface area contributed by atoms with Crippen molar-refractivity contribution in [3.63, 3.8) is 0 Å². The molecule has 3 aromatic rings. The third kappa shape index (κ3) is 3.16. The first-order valence-electron chi connectivity index (χ1n) is 7.34. The van der Waals surface area contributed by atoms with Crippen molar-refractivity contribution >= 4 is 39.8 Å². The zero-order chi connectivity index (χ0) is 15.5. The van der Waals surface area contributed by atoms with Gasteiger partial charge in [-0.3, -0.25) is 0 Å². The first-order chi connectivity index (χ1) is 10.7. The van der Waals surface area contributed by atoms with Crippen LogP contribution in [-0.2, 0) is 0 Å². The van der Waals surface area contributed by atoms with Crippen LogP contribution in [0.1, 0.15) is 11.1 Å². The van der Waals surface area contributed by atoms with Gasteiger partial charge in [0.05, 0.1) is 0 Å². The molecule has 0 bridgehead atoms. The lowest BCUT2D eigenvalue weighted by molar-refractivity contribution is 1.34. The lowest BCUT2D eigenvalue weighted by Crippen LogP contribution is -2.22. The lowest BCUT2D eigenvalue weighted by atomic mass is 10.1. The molecule has 0 heterocycles. The van der Waals surface area contributed by atoms with E-state index in [9.17, 15) is 0 Å². The molecule has 0 nitrogen and oxygen atoms in total. The van der Waals surface area contributed by atoms with Crippen molar-refractivity contribution in [2.75, 3.05) is 0 Å². The lowest BCUT2D eigenvalue weighted by Gasteiger charge is -2.21. The Labute approximate surface area is 142 Å². The second kappa shape index (κ2) is 6.77. The van der Waals surface area contributed by atoms with Crippen LogP contribution in [-0.4, -0.2) is 0 Å². The van der Waals surface area contributed by atoms with Crippen LogP contribution < -0.4 is 15.9 Å². The van der Waals surface area contributed by atoms with Crippen LogP contribution in [0.4, 0.5) is 0 Å². The van der Waals surface area contributed by atoms with E-state index in [0.717, 1.165) is 0 Å². The second-order valence-corrected chi connectivity index (χ2v) is 8.43. The minimum absolute atomic E-state index is 0.542.